The number of aromatic nitrogens is 2. The highest BCUT2D eigenvalue weighted by atomic mass is 16.5. The van der Waals surface area contributed by atoms with E-state index < -0.39 is 17.9 Å². The molecule has 1 heterocycles. The van der Waals surface area contributed by atoms with Crippen LogP contribution in [0.5, 0.6) is 0 Å². The summed E-state index contributed by atoms with van der Waals surface area (Å²) in [7, 11) is 0. The molecule has 0 saturated carbocycles. The fourth-order valence-electron chi connectivity index (χ4n) is 1.27. The highest BCUT2D eigenvalue weighted by molar-refractivity contribution is 5.75. The number of hydrogen-bond acceptors (Lipinski definition) is 5. The van der Waals surface area contributed by atoms with Crippen LogP contribution >= 0.6 is 0 Å². The van der Waals surface area contributed by atoms with Crippen LogP contribution in [0.1, 0.15) is 19.2 Å². The molecule has 1 aromatic rings. The van der Waals surface area contributed by atoms with Crippen molar-refractivity contribution in [3.05, 3.63) is 12.2 Å². The Morgan fingerprint density at radius 1 is 1.50 bits per heavy atom. The van der Waals surface area contributed by atoms with Gasteiger partial charge in [0, 0.05) is 19.5 Å². The number of rotatable bonds is 7. The molecule has 1 rings (SSSR count). The number of nitrogens with zero attached hydrogens (tertiary/aromatic N) is 2. The van der Waals surface area contributed by atoms with E-state index in [2.05, 4.69) is 20.8 Å². The second kappa shape index (κ2) is 7.25. The number of nitrogens with one attached hydrogen (secondary N) is 2. The zero-order valence-electron chi connectivity index (χ0n) is 10.0. The Labute approximate surface area is 104 Å². The molecule has 2 amide bonds. The predicted octanol–water partition coefficient (Wildman–Crippen LogP) is 0.0221. The molecule has 0 aliphatic rings. The molecule has 8 nitrogen and oxygen atoms in total. The normalized spacial score (nSPS) is 11.8. The van der Waals surface area contributed by atoms with Crippen molar-refractivity contribution in [2.75, 3.05) is 13.1 Å². The molecule has 1 unspecified atom stereocenters. The summed E-state index contributed by atoms with van der Waals surface area (Å²) in [6.45, 7) is 2.21. The molecular formula is C10H16N4O4. The van der Waals surface area contributed by atoms with Crippen LogP contribution in [0.25, 0.3) is 0 Å². The summed E-state index contributed by atoms with van der Waals surface area (Å²) in [5.41, 5.74) is 0. The van der Waals surface area contributed by atoms with Crippen LogP contribution in [0.4, 0.5) is 4.79 Å². The lowest BCUT2D eigenvalue weighted by atomic mass is 10.1. The lowest BCUT2D eigenvalue weighted by Gasteiger charge is -2.11. The molecular weight excluding hydrogens is 240 g/mol. The van der Waals surface area contributed by atoms with Gasteiger partial charge in [-0.15, -0.1) is 0 Å². The van der Waals surface area contributed by atoms with Gasteiger partial charge in [-0.25, -0.2) is 4.79 Å². The summed E-state index contributed by atoms with van der Waals surface area (Å²) in [5, 5.41) is 17.3. The molecule has 18 heavy (non-hydrogen) atoms. The molecule has 0 bridgehead atoms. The van der Waals surface area contributed by atoms with Gasteiger partial charge < -0.3 is 20.3 Å². The Kier molecular flexibility index (Phi) is 5.62. The average molecular weight is 256 g/mol. The molecule has 0 spiro atoms. The van der Waals surface area contributed by atoms with Crippen molar-refractivity contribution in [3.63, 3.8) is 0 Å². The van der Waals surface area contributed by atoms with Crippen molar-refractivity contribution < 1.29 is 19.2 Å². The SMILES string of the molecule is CCC(CNC(=O)NCCc1ncno1)C(=O)O. The molecule has 0 radical (unpaired) electrons. The third kappa shape index (κ3) is 4.81. The van der Waals surface area contributed by atoms with E-state index in [4.69, 9.17) is 9.63 Å². The summed E-state index contributed by atoms with van der Waals surface area (Å²) in [5.74, 6) is -1.04. The van der Waals surface area contributed by atoms with Crippen molar-refractivity contribution in [1.82, 2.24) is 20.8 Å². The Morgan fingerprint density at radius 2 is 2.28 bits per heavy atom. The Balaban J connectivity index is 2.15. The van der Waals surface area contributed by atoms with Gasteiger partial charge in [-0.05, 0) is 6.42 Å². The minimum atomic E-state index is -0.913. The van der Waals surface area contributed by atoms with E-state index in [1.807, 2.05) is 0 Å². The maximum absolute atomic E-state index is 11.3. The van der Waals surface area contributed by atoms with Gasteiger partial charge in [-0.2, -0.15) is 4.98 Å². The summed E-state index contributed by atoms with van der Waals surface area (Å²) in [6.07, 6.45) is 2.19. The maximum atomic E-state index is 11.3. The topological polar surface area (TPSA) is 117 Å². The fraction of sp³-hybridized carbons (Fsp3) is 0.600. The largest absolute Gasteiger partial charge is 0.481 e. The van der Waals surface area contributed by atoms with Crippen LogP contribution in [0.2, 0.25) is 0 Å². The molecule has 0 aliphatic heterocycles. The van der Waals surface area contributed by atoms with Gasteiger partial charge in [0.05, 0.1) is 5.92 Å². The number of carboxylic acid groups (broad SMARTS) is 1. The van der Waals surface area contributed by atoms with Crippen LogP contribution in [0.15, 0.2) is 10.9 Å². The van der Waals surface area contributed by atoms with Crippen molar-refractivity contribution in [3.8, 4) is 0 Å². The molecule has 3 N–H and O–H groups in total. The van der Waals surface area contributed by atoms with Gasteiger partial charge in [0.1, 0.15) is 0 Å². The quantitative estimate of drug-likeness (QED) is 0.633. The number of carbonyl (C=O) groups is 2. The highest BCUT2D eigenvalue weighted by Gasteiger charge is 2.15. The number of carboxylic acids is 1. The molecule has 100 valence electrons. The van der Waals surface area contributed by atoms with E-state index in [-0.39, 0.29) is 6.54 Å². The molecule has 1 aromatic heterocycles. The predicted molar refractivity (Wildman–Crippen MR) is 60.8 cm³/mol. The Morgan fingerprint density at radius 3 is 2.83 bits per heavy atom. The molecule has 8 heteroatoms. The van der Waals surface area contributed by atoms with Crippen LogP contribution in [0, 0.1) is 5.92 Å². The molecule has 0 aromatic carbocycles. The van der Waals surface area contributed by atoms with Gasteiger partial charge in [0.2, 0.25) is 5.89 Å². The van der Waals surface area contributed by atoms with E-state index in [1.54, 1.807) is 6.92 Å². The monoisotopic (exact) mass is 256 g/mol. The minimum absolute atomic E-state index is 0.109. The van der Waals surface area contributed by atoms with Crippen molar-refractivity contribution in [1.29, 1.82) is 0 Å². The number of urea groups is 1. The average Bonchev–Trinajstić information content (AvgIpc) is 2.82. The van der Waals surface area contributed by atoms with Crippen LogP contribution in [0.3, 0.4) is 0 Å². The van der Waals surface area contributed by atoms with Crippen LogP contribution in [-0.2, 0) is 11.2 Å². The van der Waals surface area contributed by atoms with Crippen LogP contribution in [-0.4, -0.2) is 40.3 Å². The van der Waals surface area contributed by atoms with Crippen molar-refractivity contribution in [2.24, 2.45) is 5.92 Å². The molecule has 0 fully saturated rings. The maximum Gasteiger partial charge on any atom is 0.314 e. The first-order chi connectivity index (χ1) is 8.63. The first-order valence-electron chi connectivity index (χ1n) is 5.63. The van der Waals surface area contributed by atoms with Gasteiger partial charge in [0.15, 0.2) is 6.33 Å². The molecule has 1 atom stereocenters. The van der Waals surface area contributed by atoms with E-state index in [0.717, 1.165) is 0 Å². The standard InChI is InChI=1S/C10H16N4O4/c1-2-7(9(15)16)5-12-10(17)11-4-3-8-13-6-14-18-8/h6-7H,2-5H2,1H3,(H,15,16)(H2,11,12,17). The van der Waals surface area contributed by atoms with E-state index >= 15 is 0 Å². The van der Waals surface area contributed by atoms with Gasteiger partial charge >= 0.3 is 12.0 Å². The van der Waals surface area contributed by atoms with Crippen LogP contribution < -0.4 is 10.6 Å². The number of aliphatic carboxylic acids is 1. The summed E-state index contributed by atoms with van der Waals surface area (Å²) in [4.78, 5) is 25.8. The Hall–Kier alpha value is -2.12. The second-order valence-corrected chi connectivity index (χ2v) is 3.67. The summed E-state index contributed by atoms with van der Waals surface area (Å²) >= 11 is 0. The number of hydrogen-bond donors (Lipinski definition) is 3. The number of carbonyl (C=O) groups excluding carboxylic acids is 1. The van der Waals surface area contributed by atoms with E-state index in [0.29, 0.717) is 25.3 Å². The van der Waals surface area contributed by atoms with Gasteiger partial charge in [0.25, 0.3) is 0 Å². The van der Waals surface area contributed by atoms with E-state index in [1.165, 1.54) is 6.33 Å². The highest BCUT2D eigenvalue weighted by Crippen LogP contribution is 1.99. The van der Waals surface area contributed by atoms with Crippen molar-refractivity contribution >= 4 is 12.0 Å². The zero-order chi connectivity index (χ0) is 13.4. The first kappa shape index (κ1) is 13.9. The molecule has 0 aliphatic carbocycles. The minimum Gasteiger partial charge on any atom is -0.481 e. The molecule has 0 saturated heterocycles. The van der Waals surface area contributed by atoms with Gasteiger partial charge in [-0.3, -0.25) is 4.79 Å². The lowest BCUT2D eigenvalue weighted by Crippen LogP contribution is -2.40. The Bertz CT molecular complexity index is 379. The third-order valence-electron chi connectivity index (χ3n) is 2.38. The van der Waals surface area contributed by atoms with Gasteiger partial charge in [-0.1, -0.05) is 12.1 Å². The first-order valence-corrected chi connectivity index (χ1v) is 5.63. The van der Waals surface area contributed by atoms with E-state index in [9.17, 15) is 9.59 Å². The second-order valence-electron chi connectivity index (χ2n) is 3.67. The van der Waals surface area contributed by atoms with Crippen molar-refractivity contribution in [2.45, 2.75) is 19.8 Å². The zero-order valence-corrected chi connectivity index (χ0v) is 10.0. The lowest BCUT2D eigenvalue weighted by molar-refractivity contribution is -0.141. The number of amides is 2. The third-order valence-corrected chi connectivity index (χ3v) is 2.38. The summed E-state index contributed by atoms with van der Waals surface area (Å²) in [6, 6.07) is -0.408. The fourth-order valence-corrected chi connectivity index (χ4v) is 1.27. The smallest absolute Gasteiger partial charge is 0.314 e. The summed E-state index contributed by atoms with van der Waals surface area (Å²) < 4.78 is 4.75.